The van der Waals surface area contributed by atoms with Crippen LogP contribution in [-0.4, -0.2) is 60.4 Å². The minimum Gasteiger partial charge on any atom is -0.463 e. The number of thiazole rings is 1. The molecule has 2 aromatic rings. The van der Waals surface area contributed by atoms with Gasteiger partial charge in [0.05, 0.1) is 17.6 Å². The summed E-state index contributed by atoms with van der Waals surface area (Å²) in [7, 11) is 0. The molecule has 184 valence electrons. The van der Waals surface area contributed by atoms with E-state index in [0.717, 1.165) is 32.5 Å². The highest BCUT2D eigenvalue weighted by Gasteiger charge is 2.48. The molecule has 1 atom stereocenters. The molecule has 2 saturated heterocycles. The summed E-state index contributed by atoms with van der Waals surface area (Å²) in [5.74, 6) is -0.164. The van der Waals surface area contributed by atoms with Crippen molar-refractivity contribution in [2.45, 2.75) is 25.8 Å². The molecule has 2 fully saturated rings. The molecule has 8 nitrogen and oxygen atoms in total. The number of aromatic nitrogens is 1. The van der Waals surface area contributed by atoms with Gasteiger partial charge in [-0.05, 0) is 50.6 Å². The molecular formula is C24H25BrFN5O3S. The molecule has 11 heteroatoms. The highest BCUT2D eigenvalue weighted by atomic mass is 79.9. The molecule has 4 heterocycles. The van der Waals surface area contributed by atoms with Crippen LogP contribution in [0.3, 0.4) is 0 Å². The first-order chi connectivity index (χ1) is 16.9. The SMILES string of the molecule is CCOC(=O)C1=C(CN2CCC3(CC2)CNC3=O)NC(c2nccs2)=NC1c1ccc(F)cc1Br. The number of nitrogens with zero attached hydrogens (tertiary/aromatic N) is 3. The van der Waals surface area contributed by atoms with Crippen LogP contribution in [0.2, 0.25) is 0 Å². The molecule has 5 rings (SSSR count). The number of likely N-dealkylation sites (tertiary alicyclic amines) is 1. The molecule has 2 N–H and O–H groups in total. The van der Waals surface area contributed by atoms with E-state index in [0.29, 0.717) is 38.7 Å². The zero-order valence-corrected chi connectivity index (χ0v) is 21.5. The maximum Gasteiger partial charge on any atom is 0.338 e. The van der Waals surface area contributed by atoms with Crippen molar-refractivity contribution in [3.05, 3.63) is 61.9 Å². The average Bonchev–Trinajstić information content (AvgIpc) is 3.38. The van der Waals surface area contributed by atoms with E-state index in [1.165, 1.54) is 23.5 Å². The Kier molecular flexibility index (Phi) is 6.73. The van der Waals surface area contributed by atoms with Gasteiger partial charge < -0.3 is 15.4 Å². The Hall–Kier alpha value is -2.63. The number of hydrogen-bond acceptors (Lipinski definition) is 8. The number of carbonyl (C=O) groups excluding carboxylic acids is 2. The maximum atomic E-state index is 13.9. The molecule has 3 aliphatic rings. The van der Waals surface area contributed by atoms with E-state index in [2.05, 4.69) is 36.4 Å². The molecule has 35 heavy (non-hydrogen) atoms. The summed E-state index contributed by atoms with van der Waals surface area (Å²) >= 11 is 4.89. The molecule has 0 radical (unpaired) electrons. The Labute approximate surface area is 214 Å². The monoisotopic (exact) mass is 561 g/mol. The van der Waals surface area contributed by atoms with Gasteiger partial charge >= 0.3 is 5.97 Å². The van der Waals surface area contributed by atoms with Crippen LogP contribution in [0, 0.1) is 11.2 Å². The van der Waals surface area contributed by atoms with Crippen molar-refractivity contribution in [1.82, 2.24) is 20.5 Å². The van der Waals surface area contributed by atoms with Gasteiger partial charge in [0.15, 0.2) is 10.8 Å². The Balaban J connectivity index is 1.52. The summed E-state index contributed by atoms with van der Waals surface area (Å²) in [5, 5.41) is 8.76. The molecular weight excluding hydrogens is 537 g/mol. The number of hydrogen-bond donors (Lipinski definition) is 2. The normalized spacial score (nSPS) is 21.7. The lowest BCUT2D eigenvalue weighted by Gasteiger charge is -2.46. The fraction of sp³-hybridized carbons (Fsp3) is 0.417. The first kappa shape index (κ1) is 24.1. The number of ether oxygens (including phenoxy) is 1. The third kappa shape index (κ3) is 4.64. The van der Waals surface area contributed by atoms with E-state index >= 15 is 0 Å². The van der Waals surface area contributed by atoms with Crippen LogP contribution in [0.25, 0.3) is 0 Å². The van der Waals surface area contributed by atoms with Crippen LogP contribution >= 0.6 is 27.3 Å². The number of piperidine rings is 1. The Morgan fingerprint density at radius 1 is 1.37 bits per heavy atom. The fourth-order valence-electron chi connectivity index (χ4n) is 4.74. The van der Waals surface area contributed by atoms with Gasteiger partial charge in [0, 0.05) is 34.8 Å². The highest BCUT2D eigenvalue weighted by molar-refractivity contribution is 9.10. The number of benzene rings is 1. The average molecular weight is 562 g/mol. The molecule has 3 aliphatic heterocycles. The molecule has 0 bridgehead atoms. The van der Waals surface area contributed by atoms with Crippen LogP contribution in [0.1, 0.15) is 36.4 Å². The Morgan fingerprint density at radius 2 is 2.17 bits per heavy atom. The van der Waals surface area contributed by atoms with Crippen molar-refractivity contribution in [2.24, 2.45) is 10.4 Å². The smallest absolute Gasteiger partial charge is 0.338 e. The number of aliphatic imine (C=N–C) groups is 1. The lowest BCUT2D eigenvalue weighted by atomic mass is 9.72. The summed E-state index contributed by atoms with van der Waals surface area (Å²) in [6.45, 7) is 4.65. The van der Waals surface area contributed by atoms with E-state index in [4.69, 9.17) is 9.73 Å². The maximum absolute atomic E-state index is 13.9. The van der Waals surface area contributed by atoms with Crippen molar-refractivity contribution < 1.29 is 18.7 Å². The van der Waals surface area contributed by atoms with Crippen LogP contribution < -0.4 is 10.6 Å². The van der Waals surface area contributed by atoms with Gasteiger partial charge in [0.2, 0.25) is 5.91 Å². The van der Waals surface area contributed by atoms with E-state index in [1.54, 1.807) is 19.2 Å². The van der Waals surface area contributed by atoms with E-state index < -0.39 is 12.0 Å². The van der Waals surface area contributed by atoms with Gasteiger partial charge in [-0.1, -0.05) is 22.0 Å². The molecule has 0 saturated carbocycles. The molecule has 1 aromatic carbocycles. The Bertz CT molecular complexity index is 1210. The van der Waals surface area contributed by atoms with Crippen LogP contribution in [0.5, 0.6) is 0 Å². The second-order valence-electron chi connectivity index (χ2n) is 8.86. The van der Waals surface area contributed by atoms with Crippen LogP contribution in [0.15, 0.2) is 50.5 Å². The number of amides is 1. The highest BCUT2D eigenvalue weighted by Crippen LogP contribution is 2.39. The second-order valence-corrected chi connectivity index (χ2v) is 10.6. The van der Waals surface area contributed by atoms with Gasteiger partial charge in [-0.2, -0.15) is 0 Å². The van der Waals surface area contributed by atoms with Crippen molar-refractivity contribution in [1.29, 1.82) is 0 Å². The van der Waals surface area contributed by atoms with Gasteiger partial charge in [0.1, 0.15) is 11.9 Å². The molecule has 0 aliphatic carbocycles. The number of carbonyl (C=O) groups is 2. The van der Waals surface area contributed by atoms with Crippen molar-refractivity contribution in [3.8, 4) is 0 Å². The molecule has 1 aromatic heterocycles. The number of β-lactam (4-membered cyclic amide) rings is 1. The quantitative estimate of drug-likeness (QED) is 0.415. The number of nitrogens with one attached hydrogen (secondary N) is 2. The third-order valence-electron chi connectivity index (χ3n) is 6.78. The standard InChI is InChI=1S/C24H25BrFN5O3S/c1-2-34-22(32)18-17(12-31-8-5-24(6-9-31)13-28-23(24)33)29-20(21-27-7-10-35-21)30-19(18)15-4-3-14(26)11-16(15)25/h3-4,7,10-11,19H,2,5-6,8-9,12-13H2,1H3,(H,28,33)(H,29,30). The molecule has 1 amide bonds. The van der Waals surface area contributed by atoms with Gasteiger partial charge in [-0.25, -0.2) is 14.2 Å². The lowest BCUT2D eigenvalue weighted by molar-refractivity contribution is -0.143. The minimum absolute atomic E-state index is 0.138. The number of amidine groups is 1. The molecule has 1 spiro atoms. The lowest BCUT2D eigenvalue weighted by Crippen LogP contribution is -2.62. The number of esters is 1. The number of rotatable bonds is 6. The third-order valence-corrected chi connectivity index (χ3v) is 8.24. The van der Waals surface area contributed by atoms with Crippen LogP contribution in [-0.2, 0) is 14.3 Å². The van der Waals surface area contributed by atoms with Crippen molar-refractivity contribution in [3.63, 3.8) is 0 Å². The first-order valence-electron chi connectivity index (χ1n) is 11.5. The van der Waals surface area contributed by atoms with Gasteiger partial charge in [-0.15, -0.1) is 11.3 Å². The summed E-state index contributed by atoms with van der Waals surface area (Å²) in [5.41, 5.74) is 1.48. The minimum atomic E-state index is -0.701. The Morgan fingerprint density at radius 3 is 2.77 bits per heavy atom. The second kappa shape index (κ2) is 9.79. The van der Waals surface area contributed by atoms with Gasteiger partial charge in [-0.3, -0.25) is 14.7 Å². The van der Waals surface area contributed by atoms with Crippen LogP contribution in [0.4, 0.5) is 4.39 Å². The summed E-state index contributed by atoms with van der Waals surface area (Å²) in [4.78, 5) is 36.8. The number of halogens is 2. The zero-order chi connectivity index (χ0) is 24.6. The van der Waals surface area contributed by atoms with Gasteiger partial charge in [0.25, 0.3) is 0 Å². The van der Waals surface area contributed by atoms with Crippen molar-refractivity contribution >= 4 is 45.0 Å². The predicted octanol–water partition coefficient (Wildman–Crippen LogP) is 3.17. The largest absolute Gasteiger partial charge is 0.463 e. The van der Waals surface area contributed by atoms with Crippen molar-refractivity contribution in [2.75, 3.05) is 32.8 Å². The fourth-order valence-corrected chi connectivity index (χ4v) is 5.90. The first-order valence-corrected chi connectivity index (χ1v) is 13.2. The topological polar surface area (TPSA) is 95.9 Å². The summed E-state index contributed by atoms with van der Waals surface area (Å²) < 4.78 is 19.8. The zero-order valence-electron chi connectivity index (χ0n) is 19.1. The summed E-state index contributed by atoms with van der Waals surface area (Å²) in [6.07, 6.45) is 3.26. The van der Waals surface area contributed by atoms with E-state index in [9.17, 15) is 14.0 Å². The summed E-state index contributed by atoms with van der Waals surface area (Å²) in [6, 6.07) is 3.66. The molecule has 1 unspecified atom stereocenters. The van der Waals surface area contributed by atoms with E-state index in [-0.39, 0.29) is 23.7 Å². The van der Waals surface area contributed by atoms with E-state index in [1.807, 2.05) is 5.38 Å². The predicted molar refractivity (Wildman–Crippen MR) is 133 cm³/mol.